The minimum atomic E-state index is 0.288. The van der Waals surface area contributed by atoms with Gasteiger partial charge in [-0.05, 0) is 83.8 Å². The Kier molecular flexibility index (Phi) is 5.53. The highest BCUT2D eigenvalue weighted by atomic mass is 15.2. The number of likely N-dealkylation sites (N-methyl/N-ethyl adjacent to an activating group) is 1. The van der Waals surface area contributed by atoms with Crippen molar-refractivity contribution in [2.24, 2.45) is 17.8 Å². The molecule has 2 aliphatic rings. The first-order chi connectivity index (χ1) is 9.45. The molecule has 0 amide bonds. The Hall–Kier alpha value is -0.0800. The quantitative estimate of drug-likeness (QED) is 0.840. The molecule has 1 heterocycles. The summed E-state index contributed by atoms with van der Waals surface area (Å²) < 4.78 is 0. The second-order valence-electron chi connectivity index (χ2n) is 8.15. The summed E-state index contributed by atoms with van der Waals surface area (Å²) in [6.07, 6.45) is 8.44. The number of nitrogens with one attached hydrogen (secondary N) is 1. The van der Waals surface area contributed by atoms with Crippen molar-refractivity contribution >= 4 is 0 Å². The van der Waals surface area contributed by atoms with Gasteiger partial charge in [-0.15, -0.1) is 0 Å². The minimum absolute atomic E-state index is 0.288. The van der Waals surface area contributed by atoms with E-state index in [4.69, 9.17) is 0 Å². The lowest BCUT2D eigenvalue weighted by Crippen LogP contribution is -2.61. The maximum absolute atomic E-state index is 3.71. The highest BCUT2D eigenvalue weighted by Gasteiger charge is 2.41. The summed E-state index contributed by atoms with van der Waals surface area (Å²) in [4.78, 5) is 2.75. The molecule has 1 saturated carbocycles. The summed E-state index contributed by atoms with van der Waals surface area (Å²) in [5.41, 5.74) is 0.288. The Morgan fingerprint density at radius 3 is 2.00 bits per heavy atom. The van der Waals surface area contributed by atoms with Gasteiger partial charge in [0.2, 0.25) is 0 Å². The van der Waals surface area contributed by atoms with Crippen LogP contribution in [0.5, 0.6) is 0 Å². The first kappa shape index (κ1) is 16.3. The van der Waals surface area contributed by atoms with Crippen LogP contribution in [0.2, 0.25) is 0 Å². The van der Waals surface area contributed by atoms with E-state index in [-0.39, 0.29) is 5.54 Å². The number of hydrogen-bond donors (Lipinski definition) is 1. The Morgan fingerprint density at radius 2 is 1.50 bits per heavy atom. The van der Waals surface area contributed by atoms with Crippen LogP contribution in [0.1, 0.15) is 66.2 Å². The Bertz CT molecular complexity index is 284. The van der Waals surface area contributed by atoms with Gasteiger partial charge in [-0.2, -0.15) is 0 Å². The van der Waals surface area contributed by atoms with E-state index < -0.39 is 0 Å². The Balaban J connectivity index is 2.08. The van der Waals surface area contributed by atoms with Crippen molar-refractivity contribution in [3.8, 4) is 0 Å². The second kappa shape index (κ2) is 6.79. The first-order valence-electron chi connectivity index (χ1n) is 8.87. The van der Waals surface area contributed by atoms with Gasteiger partial charge in [0, 0.05) is 11.6 Å². The van der Waals surface area contributed by atoms with E-state index in [9.17, 15) is 0 Å². The summed E-state index contributed by atoms with van der Waals surface area (Å²) >= 11 is 0. The normalized spacial score (nSPS) is 35.0. The van der Waals surface area contributed by atoms with Crippen LogP contribution in [0.4, 0.5) is 0 Å². The third kappa shape index (κ3) is 3.57. The zero-order valence-corrected chi connectivity index (χ0v) is 14.4. The molecule has 0 spiro atoms. The van der Waals surface area contributed by atoms with Gasteiger partial charge in [0.15, 0.2) is 0 Å². The van der Waals surface area contributed by atoms with E-state index in [0.29, 0.717) is 6.04 Å². The Morgan fingerprint density at radius 1 is 0.950 bits per heavy atom. The molecular formula is C18H36N2. The van der Waals surface area contributed by atoms with Crippen LogP contribution < -0.4 is 5.32 Å². The number of rotatable bonds is 4. The predicted molar refractivity (Wildman–Crippen MR) is 88.0 cm³/mol. The van der Waals surface area contributed by atoms with Gasteiger partial charge in [-0.25, -0.2) is 0 Å². The van der Waals surface area contributed by atoms with Crippen LogP contribution in [0, 0.1) is 17.8 Å². The summed E-state index contributed by atoms with van der Waals surface area (Å²) in [5.74, 6) is 2.64. The van der Waals surface area contributed by atoms with Crippen LogP contribution in [0.3, 0.4) is 0 Å². The summed E-state index contributed by atoms with van der Waals surface area (Å²) in [5, 5.41) is 3.71. The topological polar surface area (TPSA) is 15.3 Å². The van der Waals surface area contributed by atoms with E-state index in [0.717, 1.165) is 17.8 Å². The summed E-state index contributed by atoms with van der Waals surface area (Å²) in [7, 11) is 2.18. The van der Waals surface area contributed by atoms with E-state index in [2.05, 4.69) is 45.0 Å². The summed E-state index contributed by atoms with van der Waals surface area (Å²) in [6.45, 7) is 12.4. The van der Waals surface area contributed by atoms with E-state index >= 15 is 0 Å². The molecule has 2 nitrogen and oxygen atoms in total. The van der Waals surface area contributed by atoms with E-state index in [1.54, 1.807) is 0 Å². The fraction of sp³-hybridized carbons (Fsp3) is 1.00. The molecular weight excluding hydrogens is 244 g/mol. The molecule has 1 aliphatic carbocycles. The van der Waals surface area contributed by atoms with Gasteiger partial charge in [0.25, 0.3) is 0 Å². The van der Waals surface area contributed by atoms with Crippen molar-refractivity contribution in [3.63, 3.8) is 0 Å². The van der Waals surface area contributed by atoms with Crippen molar-refractivity contribution in [2.45, 2.75) is 77.8 Å². The molecule has 0 aromatic rings. The van der Waals surface area contributed by atoms with Crippen LogP contribution in [0.15, 0.2) is 0 Å². The third-order valence-electron chi connectivity index (χ3n) is 5.93. The molecule has 3 unspecified atom stereocenters. The standard InChI is InChI=1S/C18H36N2/c1-14-11-15(2)13-16(12-14)17(19-5)18(3,4)20-9-7-6-8-10-20/h14-17,19H,6-13H2,1-5H3. The largest absolute Gasteiger partial charge is 0.315 e. The van der Waals surface area contributed by atoms with Gasteiger partial charge in [-0.1, -0.05) is 20.3 Å². The first-order valence-corrected chi connectivity index (χ1v) is 8.87. The highest BCUT2D eigenvalue weighted by molar-refractivity contribution is 4.99. The Labute approximate surface area is 126 Å². The highest BCUT2D eigenvalue weighted by Crippen LogP contribution is 2.39. The van der Waals surface area contributed by atoms with Crippen LogP contribution in [-0.2, 0) is 0 Å². The second-order valence-corrected chi connectivity index (χ2v) is 8.15. The molecule has 3 atom stereocenters. The molecule has 2 heteroatoms. The van der Waals surface area contributed by atoms with Crippen molar-refractivity contribution in [2.75, 3.05) is 20.1 Å². The third-order valence-corrected chi connectivity index (χ3v) is 5.93. The lowest BCUT2D eigenvalue weighted by molar-refractivity contribution is 0.0245. The summed E-state index contributed by atoms with van der Waals surface area (Å²) in [6, 6.07) is 0.630. The zero-order chi connectivity index (χ0) is 14.8. The molecule has 0 bridgehead atoms. The monoisotopic (exact) mass is 280 g/mol. The van der Waals surface area contributed by atoms with Gasteiger partial charge >= 0.3 is 0 Å². The lowest BCUT2D eigenvalue weighted by Gasteiger charge is -2.50. The van der Waals surface area contributed by atoms with Crippen molar-refractivity contribution in [1.29, 1.82) is 0 Å². The molecule has 0 radical (unpaired) electrons. The molecule has 2 rings (SSSR count). The fourth-order valence-corrected chi connectivity index (χ4v) is 5.11. The number of hydrogen-bond acceptors (Lipinski definition) is 2. The average Bonchev–Trinajstić information content (AvgIpc) is 2.39. The maximum atomic E-state index is 3.71. The molecule has 1 N–H and O–H groups in total. The molecule has 2 fully saturated rings. The molecule has 1 aliphatic heterocycles. The van der Waals surface area contributed by atoms with Crippen LogP contribution >= 0.6 is 0 Å². The van der Waals surface area contributed by atoms with E-state index in [1.807, 2.05) is 0 Å². The molecule has 118 valence electrons. The number of likely N-dealkylation sites (tertiary alicyclic amines) is 1. The molecule has 1 saturated heterocycles. The number of piperidine rings is 1. The van der Waals surface area contributed by atoms with Gasteiger partial charge in [0.1, 0.15) is 0 Å². The SMILES string of the molecule is CNC(C1CC(C)CC(C)C1)C(C)(C)N1CCCCC1. The van der Waals surface area contributed by atoms with Gasteiger partial charge in [-0.3, -0.25) is 4.90 Å². The van der Waals surface area contributed by atoms with E-state index in [1.165, 1.54) is 51.6 Å². The zero-order valence-electron chi connectivity index (χ0n) is 14.4. The minimum Gasteiger partial charge on any atom is -0.315 e. The van der Waals surface area contributed by atoms with Crippen LogP contribution in [0.25, 0.3) is 0 Å². The van der Waals surface area contributed by atoms with Crippen molar-refractivity contribution in [1.82, 2.24) is 10.2 Å². The predicted octanol–water partition coefficient (Wildman–Crippen LogP) is 3.91. The lowest BCUT2D eigenvalue weighted by atomic mass is 9.69. The van der Waals surface area contributed by atoms with Crippen LogP contribution in [-0.4, -0.2) is 36.6 Å². The van der Waals surface area contributed by atoms with Crippen molar-refractivity contribution in [3.05, 3.63) is 0 Å². The van der Waals surface area contributed by atoms with Gasteiger partial charge < -0.3 is 5.32 Å². The molecule has 0 aromatic carbocycles. The maximum Gasteiger partial charge on any atom is 0.0308 e. The molecule has 0 aromatic heterocycles. The average molecular weight is 280 g/mol. The van der Waals surface area contributed by atoms with Crippen molar-refractivity contribution < 1.29 is 0 Å². The number of nitrogens with zero attached hydrogens (tertiary/aromatic N) is 1. The smallest absolute Gasteiger partial charge is 0.0308 e. The molecule has 20 heavy (non-hydrogen) atoms. The van der Waals surface area contributed by atoms with Gasteiger partial charge in [0.05, 0.1) is 0 Å². The fourth-order valence-electron chi connectivity index (χ4n) is 5.11.